The van der Waals surface area contributed by atoms with E-state index in [9.17, 15) is 0 Å². The van der Waals surface area contributed by atoms with Crippen LogP contribution < -0.4 is 5.43 Å². The van der Waals surface area contributed by atoms with Crippen molar-refractivity contribution in [2.75, 3.05) is 5.43 Å². The first-order valence-electron chi connectivity index (χ1n) is 8.09. The number of nitrogens with one attached hydrogen (secondary N) is 1. The SMILES string of the molecule is Cc1ccc(C=NNc2nc(-c3ccccc3)cs2)c2ccccc12. The molecule has 1 N–H and O–H groups in total. The van der Waals surface area contributed by atoms with Crippen LogP contribution in [-0.4, -0.2) is 11.2 Å². The number of aryl methyl sites for hydroxylation is 1. The van der Waals surface area contributed by atoms with Gasteiger partial charge in [-0.1, -0.05) is 66.7 Å². The van der Waals surface area contributed by atoms with Crippen LogP contribution in [0.3, 0.4) is 0 Å². The van der Waals surface area contributed by atoms with E-state index in [4.69, 9.17) is 0 Å². The fraction of sp³-hybridized carbons (Fsp3) is 0.0476. The molecule has 0 aliphatic heterocycles. The van der Waals surface area contributed by atoms with Crippen molar-refractivity contribution in [3.8, 4) is 11.3 Å². The zero-order valence-corrected chi connectivity index (χ0v) is 14.6. The van der Waals surface area contributed by atoms with Crippen molar-refractivity contribution in [1.29, 1.82) is 0 Å². The summed E-state index contributed by atoms with van der Waals surface area (Å²) in [6.45, 7) is 2.13. The molecule has 0 saturated carbocycles. The number of aromatic nitrogens is 1. The van der Waals surface area contributed by atoms with Crippen molar-refractivity contribution in [1.82, 2.24) is 4.98 Å². The fourth-order valence-electron chi connectivity index (χ4n) is 2.81. The first-order chi connectivity index (χ1) is 12.3. The van der Waals surface area contributed by atoms with Crippen LogP contribution in [0.25, 0.3) is 22.0 Å². The van der Waals surface area contributed by atoms with Gasteiger partial charge in [0.05, 0.1) is 11.9 Å². The van der Waals surface area contributed by atoms with Gasteiger partial charge < -0.3 is 0 Å². The van der Waals surface area contributed by atoms with Gasteiger partial charge in [0.2, 0.25) is 5.13 Å². The Balaban J connectivity index is 1.54. The summed E-state index contributed by atoms with van der Waals surface area (Å²) in [5.74, 6) is 0. The van der Waals surface area contributed by atoms with Gasteiger partial charge in [0, 0.05) is 16.5 Å². The molecule has 122 valence electrons. The molecule has 0 unspecified atom stereocenters. The van der Waals surface area contributed by atoms with E-state index in [0.717, 1.165) is 22.0 Å². The van der Waals surface area contributed by atoms with Gasteiger partial charge in [-0.2, -0.15) is 5.10 Å². The Kier molecular flexibility index (Phi) is 4.27. The monoisotopic (exact) mass is 343 g/mol. The topological polar surface area (TPSA) is 37.3 Å². The molecule has 3 aromatic carbocycles. The smallest absolute Gasteiger partial charge is 0.203 e. The summed E-state index contributed by atoms with van der Waals surface area (Å²) in [5, 5.41) is 9.65. The van der Waals surface area contributed by atoms with Crippen molar-refractivity contribution in [3.05, 3.63) is 83.2 Å². The summed E-state index contributed by atoms with van der Waals surface area (Å²) in [5.41, 5.74) is 7.48. The van der Waals surface area contributed by atoms with Gasteiger partial charge in [-0.25, -0.2) is 4.98 Å². The highest BCUT2D eigenvalue weighted by molar-refractivity contribution is 7.14. The van der Waals surface area contributed by atoms with E-state index in [-0.39, 0.29) is 0 Å². The molecular formula is C21H17N3S. The van der Waals surface area contributed by atoms with Crippen LogP contribution in [0.4, 0.5) is 5.13 Å². The van der Waals surface area contributed by atoms with Crippen LogP contribution in [0, 0.1) is 6.92 Å². The lowest BCUT2D eigenvalue weighted by Gasteiger charge is -2.05. The Hall–Kier alpha value is -2.98. The molecule has 1 heterocycles. The minimum atomic E-state index is 0.784. The van der Waals surface area contributed by atoms with Gasteiger partial charge >= 0.3 is 0 Å². The third kappa shape index (κ3) is 3.30. The summed E-state index contributed by atoms with van der Waals surface area (Å²) in [4.78, 5) is 4.58. The second-order valence-electron chi connectivity index (χ2n) is 5.79. The van der Waals surface area contributed by atoms with Crippen LogP contribution >= 0.6 is 11.3 Å². The van der Waals surface area contributed by atoms with Crippen LogP contribution in [0.1, 0.15) is 11.1 Å². The van der Waals surface area contributed by atoms with Gasteiger partial charge in [-0.3, -0.25) is 5.43 Å². The zero-order chi connectivity index (χ0) is 17.1. The maximum atomic E-state index is 4.58. The number of benzene rings is 3. The van der Waals surface area contributed by atoms with Crippen molar-refractivity contribution >= 4 is 33.5 Å². The molecule has 0 bridgehead atoms. The normalized spacial score (nSPS) is 11.2. The number of hydrazone groups is 1. The van der Waals surface area contributed by atoms with Crippen LogP contribution in [0.2, 0.25) is 0 Å². The molecule has 0 amide bonds. The number of rotatable bonds is 4. The standard InChI is InChI=1S/C21H17N3S/c1-15-11-12-17(19-10-6-5-9-18(15)19)13-22-24-21-23-20(14-25-21)16-7-3-2-4-8-16/h2-14H,1H3,(H,23,24). The molecule has 0 aliphatic carbocycles. The second-order valence-corrected chi connectivity index (χ2v) is 6.65. The lowest BCUT2D eigenvalue weighted by molar-refractivity contribution is 1.29. The Morgan fingerprint density at radius 3 is 2.52 bits per heavy atom. The fourth-order valence-corrected chi connectivity index (χ4v) is 3.48. The molecule has 0 saturated heterocycles. The highest BCUT2D eigenvalue weighted by Crippen LogP contribution is 2.25. The minimum Gasteiger partial charge on any atom is -0.253 e. The molecule has 25 heavy (non-hydrogen) atoms. The van der Waals surface area contributed by atoms with E-state index in [0.29, 0.717) is 0 Å². The van der Waals surface area contributed by atoms with Crippen LogP contribution in [0.5, 0.6) is 0 Å². The molecule has 4 aromatic rings. The van der Waals surface area contributed by atoms with Crippen LogP contribution in [0.15, 0.2) is 77.2 Å². The summed E-state index contributed by atoms with van der Waals surface area (Å²) in [6, 6.07) is 22.8. The molecule has 1 aromatic heterocycles. The van der Waals surface area contributed by atoms with Crippen molar-refractivity contribution in [2.45, 2.75) is 6.92 Å². The highest BCUT2D eigenvalue weighted by atomic mass is 32.1. The third-order valence-electron chi connectivity index (χ3n) is 4.11. The lowest BCUT2D eigenvalue weighted by atomic mass is 10.0. The molecule has 4 rings (SSSR count). The predicted molar refractivity (Wildman–Crippen MR) is 107 cm³/mol. The molecule has 0 spiro atoms. The average molecular weight is 343 g/mol. The number of fused-ring (bicyclic) bond motifs is 1. The molecule has 0 radical (unpaired) electrons. The first kappa shape index (κ1) is 15.5. The van der Waals surface area contributed by atoms with Crippen molar-refractivity contribution in [2.24, 2.45) is 5.10 Å². The summed E-state index contributed by atoms with van der Waals surface area (Å²) < 4.78 is 0. The van der Waals surface area contributed by atoms with E-state index in [1.807, 2.05) is 29.8 Å². The van der Waals surface area contributed by atoms with Gasteiger partial charge in [0.25, 0.3) is 0 Å². The minimum absolute atomic E-state index is 0.784. The first-order valence-corrected chi connectivity index (χ1v) is 8.97. The Labute approximate surface area is 150 Å². The predicted octanol–water partition coefficient (Wildman–Crippen LogP) is 5.72. The number of nitrogens with zero attached hydrogens (tertiary/aromatic N) is 2. The molecule has 0 aliphatic rings. The van der Waals surface area contributed by atoms with Gasteiger partial charge in [-0.15, -0.1) is 11.3 Å². The van der Waals surface area contributed by atoms with E-state index in [1.165, 1.54) is 16.3 Å². The quantitative estimate of drug-likeness (QED) is 0.380. The van der Waals surface area contributed by atoms with E-state index in [1.54, 1.807) is 11.3 Å². The average Bonchev–Trinajstić information content (AvgIpc) is 3.14. The van der Waals surface area contributed by atoms with Gasteiger partial charge in [0.15, 0.2) is 0 Å². The maximum absolute atomic E-state index is 4.58. The van der Waals surface area contributed by atoms with Crippen molar-refractivity contribution < 1.29 is 0 Å². The van der Waals surface area contributed by atoms with Gasteiger partial charge in [-0.05, 0) is 23.3 Å². The number of hydrogen-bond acceptors (Lipinski definition) is 4. The maximum Gasteiger partial charge on any atom is 0.203 e. The summed E-state index contributed by atoms with van der Waals surface area (Å²) >= 11 is 1.55. The molecule has 3 nitrogen and oxygen atoms in total. The largest absolute Gasteiger partial charge is 0.253 e. The molecule has 4 heteroatoms. The van der Waals surface area contributed by atoms with Gasteiger partial charge in [0.1, 0.15) is 0 Å². The van der Waals surface area contributed by atoms with E-state index in [2.05, 4.69) is 71.0 Å². The number of hydrogen-bond donors (Lipinski definition) is 1. The second kappa shape index (κ2) is 6.87. The zero-order valence-electron chi connectivity index (χ0n) is 13.8. The molecule has 0 atom stereocenters. The summed E-state index contributed by atoms with van der Waals surface area (Å²) in [6.07, 6.45) is 1.85. The Morgan fingerprint density at radius 1 is 0.920 bits per heavy atom. The highest BCUT2D eigenvalue weighted by Gasteiger charge is 2.04. The van der Waals surface area contributed by atoms with E-state index < -0.39 is 0 Å². The van der Waals surface area contributed by atoms with Crippen molar-refractivity contribution in [3.63, 3.8) is 0 Å². The van der Waals surface area contributed by atoms with Crippen LogP contribution in [-0.2, 0) is 0 Å². The molecular weight excluding hydrogens is 326 g/mol. The van der Waals surface area contributed by atoms with E-state index >= 15 is 0 Å². The Morgan fingerprint density at radius 2 is 1.68 bits per heavy atom. The number of anilines is 1. The summed E-state index contributed by atoms with van der Waals surface area (Å²) in [7, 11) is 0. The lowest BCUT2D eigenvalue weighted by Crippen LogP contribution is -1.92. The molecule has 0 fully saturated rings. The Bertz CT molecular complexity index is 1040. The number of thiazole rings is 1. The third-order valence-corrected chi connectivity index (χ3v) is 4.86.